The predicted molar refractivity (Wildman–Crippen MR) is 84.2 cm³/mol. The number of carbonyl (C=O) groups is 1. The van der Waals surface area contributed by atoms with E-state index in [0.29, 0.717) is 22.3 Å². The molecule has 1 N–H and O–H groups in total. The summed E-state index contributed by atoms with van der Waals surface area (Å²) < 4.78 is 0. The topological polar surface area (TPSA) is 32.3 Å². The monoisotopic (exact) mass is 320 g/mol. The average molecular weight is 321 g/mol. The van der Waals surface area contributed by atoms with Gasteiger partial charge in [-0.25, -0.2) is 0 Å². The van der Waals surface area contributed by atoms with Crippen LogP contribution in [0.15, 0.2) is 18.2 Å². The molecule has 0 aliphatic heterocycles. The van der Waals surface area contributed by atoms with Crippen LogP contribution in [0.5, 0.6) is 0 Å². The van der Waals surface area contributed by atoms with E-state index in [0.717, 1.165) is 17.9 Å². The third-order valence-corrected chi connectivity index (χ3v) is 4.11. The Morgan fingerprint density at radius 2 is 2.05 bits per heavy atom. The van der Waals surface area contributed by atoms with E-state index in [2.05, 4.69) is 5.32 Å². The molecule has 0 unspecified atom stereocenters. The first-order chi connectivity index (χ1) is 8.99. The van der Waals surface area contributed by atoms with Crippen molar-refractivity contribution in [3.05, 3.63) is 33.8 Å². The molecule has 0 aliphatic carbocycles. The van der Waals surface area contributed by atoms with Crippen LogP contribution < -0.4 is 5.32 Å². The van der Waals surface area contributed by atoms with Gasteiger partial charge < -0.3 is 10.2 Å². The van der Waals surface area contributed by atoms with E-state index in [1.807, 2.05) is 31.1 Å². The number of amides is 1. The zero-order chi connectivity index (χ0) is 14.3. The first-order valence-electron chi connectivity index (χ1n) is 5.92. The normalized spacial score (nSPS) is 10.8. The first-order valence-corrected chi connectivity index (χ1v) is 7.83. The minimum absolute atomic E-state index is 0.0620. The van der Waals surface area contributed by atoms with Crippen LogP contribution in [0.1, 0.15) is 5.56 Å². The SMILES string of the molecule is CN(C)CCNC(=O)CSCc1ccc(Cl)c(Cl)c1. The minimum atomic E-state index is 0.0620. The van der Waals surface area contributed by atoms with Crippen LogP contribution in [-0.2, 0) is 10.5 Å². The van der Waals surface area contributed by atoms with Crippen LogP contribution in [0.2, 0.25) is 10.0 Å². The molecule has 0 heterocycles. The lowest BCUT2D eigenvalue weighted by Crippen LogP contribution is -2.32. The molecule has 0 fully saturated rings. The van der Waals surface area contributed by atoms with Gasteiger partial charge in [0.2, 0.25) is 5.91 Å². The van der Waals surface area contributed by atoms with Crippen molar-refractivity contribution in [2.45, 2.75) is 5.75 Å². The highest BCUT2D eigenvalue weighted by Gasteiger charge is 2.03. The van der Waals surface area contributed by atoms with Crippen LogP contribution in [0, 0.1) is 0 Å². The molecule has 0 bridgehead atoms. The summed E-state index contributed by atoms with van der Waals surface area (Å²) in [6.07, 6.45) is 0. The molecule has 0 spiro atoms. The summed E-state index contributed by atoms with van der Waals surface area (Å²) in [5.41, 5.74) is 1.07. The number of rotatable bonds is 7. The van der Waals surface area contributed by atoms with Gasteiger partial charge in [0.25, 0.3) is 0 Å². The fourth-order valence-corrected chi connectivity index (χ4v) is 2.49. The van der Waals surface area contributed by atoms with E-state index in [9.17, 15) is 4.79 Å². The van der Waals surface area contributed by atoms with Gasteiger partial charge in [-0.15, -0.1) is 11.8 Å². The van der Waals surface area contributed by atoms with Gasteiger partial charge in [0.15, 0.2) is 0 Å². The number of benzene rings is 1. The van der Waals surface area contributed by atoms with Gasteiger partial charge in [-0.3, -0.25) is 4.79 Å². The Kier molecular flexibility index (Phi) is 7.61. The molecule has 0 aliphatic rings. The summed E-state index contributed by atoms with van der Waals surface area (Å²) in [5.74, 6) is 1.26. The van der Waals surface area contributed by atoms with E-state index in [1.54, 1.807) is 17.8 Å². The number of thioether (sulfide) groups is 1. The fourth-order valence-electron chi connectivity index (χ4n) is 1.36. The van der Waals surface area contributed by atoms with Crippen molar-refractivity contribution in [2.75, 3.05) is 32.9 Å². The molecule has 0 saturated carbocycles. The Labute approximate surface area is 128 Å². The van der Waals surface area contributed by atoms with Gasteiger partial charge in [0.1, 0.15) is 0 Å². The Balaban J connectivity index is 2.22. The van der Waals surface area contributed by atoms with Crippen molar-refractivity contribution < 1.29 is 4.79 Å². The lowest BCUT2D eigenvalue weighted by atomic mass is 10.2. The zero-order valence-corrected chi connectivity index (χ0v) is 13.4. The molecule has 0 radical (unpaired) electrons. The number of halogens is 2. The second kappa shape index (κ2) is 8.69. The highest BCUT2D eigenvalue weighted by molar-refractivity contribution is 7.99. The zero-order valence-electron chi connectivity index (χ0n) is 11.1. The molecule has 3 nitrogen and oxygen atoms in total. The van der Waals surface area contributed by atoms with Gasteiger partial charge >= 0.3 is 0 Å². The van der Waals surface area contributed by atoms with Crippen molar-refractivity contribution in [3.8, 4) is 0 Å². The van der Waals surface area contributed by atoms with Crippen LogP contribution in [0.25, 0.3) is 0 Å². The summed E-state index contributed by atoms with van der Waals surface area (Å²) in [4.78, 5) is 13.6. The second-order valence-corrected chi connectivity index (χ2v) is 6.19. The van der Waals surface area contributed by atoms with Crippen molar-refractivity contribution in [2.24, 2.45) is 0 Å². The summed E-state index contributed by atoms with van der Waals surface area (Å²) in [6, 6.07) is 5.53. The molecule has 1 rings (SSSR count). The molecule has 106 valence electrons. The number of nitrogens with one attached hydrogen (secondary N) is 1. The Bertz CT molecular complexity index is 427. The average Bonchev–Trinajstić information content (AvgIpc) is 2.33. The maximum absolute atomic E-state index is 11.5. The number of likely N-dealkylation sites (N-methyl/N-ethyl adjacent to an activating group) is 1. The molecule has 0 saturated heterocycles. The molecular formula is C13H18Cl2N2OS. The fraction of sp³-hybridized carbons (Fsp3) is 0.462. The number of hydrogen-bond acceptors (Lipinski definition) is 3. The molecule has 6 heteroatoms. The number of carbonyl (C=O) groups excluding carboxylic acids is 1. The lowest BCUT2D eigenvalue weighted by molar-refractivity contribution is -0.118. The summed E-state index contributed by atoms with van der Waals surface area (Å²) in [6.45, 7) is 1.53. The second-order valence-electron chi connectivity index (χ2n) is 4.39. The molecule has 19 heavy (non-hydrogen) atoms. The molecule has 1 aromatic carbocycles. The van der Waals surface area contributed by atoms with E-state index in [-0.39, 0.29) is 5.91 Å². The van der Waals surface area contributed by atoms with Gasteiger partial charge in [-0.1, -0.05) is 29.3 Å². The van der Waals surface area contributed by atoms with Crippen LogP contribution in [0.4, 0.5) is 0 Å². The van der Waals surface area contributed by atoms with Gasteiger partial charge in [-0.2, -0.15) is 0 Å². The van der Waals surface area contributed by atoms with E-state index < -0.39 is 0 Å². The van der Waals surface area contributed by atoms with Crippen LogP contribution in [0.3, 0.4) is 0 Å². The van der Waals surface area contributed by atoms with Crippen LogP contribution >= 0.6 is 35.0 Å². The van der Waals surface area contributed by atoms with E-state index in [1.165, 1.54) is 0 Å². The standard InChI is InChI=1S/C13H18Cl2N2OS/c1-17(2)6-5-16-13(18)9-19-8-10-3-4-11(14)12(15)7-10/h3-4,7H,5-6,8-9H2,1-2H3,(H,16,18). The van der Waals surface area contributed by atoms with E-state index >= 15 is 0 Å². The molecule has 0 aromatic heterocycles. The molecule has 1 aromatic rings. The smallest absolute Gasteiger partial charge is 0.230 e. The number of hydrogen-bond donors (Lipinski definition) is 1. The summed E-state index contributed by atoms with van der Waals surface area (Å²) >= 11 is 13.3. The summed E-state index contributed by atoms with van der Waals surface area (Å²) in [5, 5.41) is 3.98. The molecular weight excluding hydrogens is 303 g/mol. The van der Waals surface area contributed by atoms with Gasteiger partial charge in [0.05, 0.1) is 15.8 Å². The summed E-state index contributed by atoms with van der Waals surface area (Å²) in [7, 11) is 3.95. The molecule has 0 atom stereocenters. The quantitative estimate of drug-likeness (QED) is 0.838. The highest BCUT2D eigenvalue weighted by atomic mass is 35.5. The Hall–Kier alpha value is -0.420. The highest BCUT2D eigenvalue weighted by Crippen LogP contribution is 2.24. The van der Waals surface area contributed by atoms with Crippen molar-refractivity contribution in [3.63, 3.8) is 0 Å². The third kappa shape index (κ3) is 7.06. The number of nitrogens with zero attached hydrogens (tertiary/aromatic N) is 1. The van der Waals surface area contributed by atoms with Crippen molar-refractivity contribution in [1.82, 2.24) is 10.2 Å². The molecule has 1 amide bonds. The van der Waals surface area contributed by atoms with Crippen molar-refractivity contribution >= 4 is 40.9 Å². The van der Waals surface area contributed by atoms with Gasteiger partial charge in [0, 0.05) is 18.8 Å². The maximum atomic E-state index is 11.5. The Morgan fingerprint density at radius 1 is 1.32 bits per heavy atom. The lowest BCUT2D eigenvalue weighted by Gasteiger charge is -2.10. The minimum Gasteiger partial charge on any atom is -0.354 e. The largest absolute Gasteiger partial charge is 0.354 e. The predicted octanol–water partition coefficient (Wildman–Crippen LogP) is 2.90. The van der Waals surface area contributed by atoms with Crippen LogP contribution in [-0.4, -0.2) is 43.7 Å². The third-order valence-electron chi connectivity index (χ3n) is 2.37. The first kappa shape index (κ1) is 16.6. The van der Waals surface area contributed by atoms with Gasteiger partial charge in [-0.05, 0) is 31.8 Å². The van der Waals surface area contributed by atoms with Crippen molar-refractivity contribution in [1.29, 1.82) is 0 Å². The Morgan fingerprint density at radius 3 is 2.68 bits per heavy atom. The van der Waals surface area contributed by atoms with E-state index in [4.69, 9.17) is 23.2 Å². The maximum Gasteiger partial charge on any atom is 0.230 e.